The number of aliphatic hydroxyl groups excluding tert-OH is 1. The van der Waals surface area contributed by atoms with Gasteiger partial charge in [0.1, 0.15) is 6.54 Å². The van der Waals surface area contributed by atoms with Crippen LogP contribution in [0.2, 0.25) is 0 Å². The molecule has 1 N–H and O–H groups in total. The highest BCUT2D eigenvalue weighted by atomic mass is 16.3. The predicted octanol–water partition coefficient (Wildman–Crippen LogP) is 1.18. The average molecular weight is 217 g/mol. The number of likely N-dealkylation sites (N-methyl/N-ethyl adjacent to an activating group) is 1. The van der Waals surface area contributed by atoms with Crippen LogP contribution in [0, 0.1) is 0 Å². The molecule has 0 aliphatic heterocycles. The van der Waals surface area contributed by atoms with Crippen LogP contribution in [0.4, 0.5) is 0 Å². The molecule has 0 aliphatic rings. The third kappa shape index (κ3) is 10.2. The van der Waals surface area contributed by atoms with Crippen molar-refractivity contribution in [2.45, 2.75) is 25.7 Å². The molecular weight excluding hydrogens is 188 g/mol. The zero-order valence-electron chi connectivity index (χ0n) is 11.0. The third-order valence-corrected chi connectivity index (χ3v) is 2.82. The average Bonchev–Trinajstić information content (AvgIpc) is 2.10. The van der Waals surface area contributed by atoms with E-state index in [9.17, 15) is 0 Å². The fourth-order valence-electron chi connectivity index (χ4n) is 1.70. The van der Waals surface area contributed by atoms with E-state index in [-0.39, 0.29) is 0 Å². The molecule has 0 bridgehead atoms. The van der Waals surface area contributed by atoms with Gasteiger partial charge in [-0.15, -0.1) is 0 Å². The molecule has 0 saturated heterocycles. The molecule has 0 unspecified atom stereocenters. The van der Waals surface area contributed by atoms with Gasteiger partial charge < -0.3 is 14.5 Å². The maximum absolute atomic E-state index is 8.88. The highest BCUT2D eigenvalue weighted by Crippen LogP contribution is 2.05. The topological polar surface area (TPSA) is 23.5 Å². The van der Waals surface area contributed by atoms with E-state index in [1.165, 1.54) is 38.8 Å². The predicted molar refractivity (Wildman–Crippen MR) is 66.0 cm³/mol. The Kier molecular flexibility index (Phi) is 8.02. The summed E-state index contributed by atoms with van der Waals surface area (Å²) < 4.78 is 0.949. The molecule has 0 aliphatic carbocycles. The largest absolute Gasteiger partial charge is 0.391 e. The Morgan fingerprint density at radius 1 is 0.933 bits per heavy atom. The Labute approximate surface area is 95.3 Å². The Morgan fingerprint density at radius 3 is 2.07 bits per heavy atom. The first-order valence-corrected chi connectivity index (χ1v) is 6.05. The molecule has 3 nitrogen and oxygen atoms in total. The number of hydrogen-bond acceptors (Lipinski definition) is 2. The van der Waals surface area contributed by atoms with Gasteiger partial charge in [-0.2, -0.15) is 0 Å². The number of hydrogen-bond donors (Lipinski definition) is 1. The number of rotatable bonds is 9. The Bertz CT molecular complexity index is 147. The van der Waals surface area contributed by atoms with E-state index >= 15 is 0 Å². The number of quaternary nitrogens is 1. The van der Waals surface area contributed by atoms with Crippen molar-refractivity contribution in [3.8, 4) is 0 Å². The molecule has 92 valence electrons. The van der Waals surface area contributed by atoms with E-state index in [2.05, 4.69) is 33.1 Å². The van der Waals surface area contributed by atoms with Crippen LogP contribution >= 0.6 is 0 Å². The van der Waals surface area contributed by atoms with Crippen LogP contribution in [0.25, 0.3) is 0 Å². The van der Waals surface area contributed by atoms with Crippen molar-refractivity contribution in [3.63, 3.8) is 0 Å². The second-order valence-electron chi connectivity index (χ2n) is 5.32. The van der Waals surface area contributed by atoms with E-state index in [4.69, 9.17) is 5.11 Å². The van der Waals surface area contributed by atoms with Gasteiger partial charge in [0.2, 0.25) is 0 Å². The van der Waals surface area contributed by atoms with E-state index in [1.54, 1.807) is 0 Å². The van der Waals surface area contributed by atoms with Crippen molar-refractivity contribution in [2.75, 3.05) is 54.4 Å². The van der Waals surface area contributed by atoms with Crippen molar-refractivity contribution in [1.82, 2.24) is 4.90 Å². The quantitative estimate of drug-likeness (QED) is 0.463. The highest BCUT2D eigenvalue weighted by Gasteiger charge is 2.12. The molecule has 0 aromatic rings. The molecule has 0 radical (unpaired) electrons. The van der Waals surface area contributed by atoms with Crippen LogP contribution in [0.1, 0.15) is 25.7 Å². The molecule has 0 saturated carbocycles. The lowest BCUT2D eigenvalue weighted by molar-refractivity contribution is -0.890. The summed E-state index contributed by atoms with van der Waals surface area (Å²) in [6.45, 7) is 3.56. The molecule has 0 spiro atoms. The van der Waals surface area contributed by atoms with Crippen molar-refractivity contribution in [2.24, 2.45) is 0 Å². The summed E-state index contributed by atoms with van der Waals surface area (Å²) in [7, 11) is 8.63. The molecule has 0 atom stereocenters. The fraction of sp³-hybridized carbons (Fsp3) is 1.00. The molecule has 0 heterocycles. The maximum Gasteiger partial charge on any atom is 0.102 e. The van der Waals surface area contributed by atoms with Crippen LogP contribution < -0.4 is 0 Å². The molecule has 3 heteroatoms. The minimum absolute atomic E-state index is 0.299. The number of unbranched alkanes of at least 4 members (excludes halogenated alkanes) is 3. The fourth-order valence-corrected chi connectivity index (χ4v) is 1.70. The van der Waals surface area contributed by atoms with Crippen LogP contribution in [0.15, 0.2) is 0 Å². The molecule has 0 amide bonds. The molecule has 15 heavy (non-hydrogen) atoms. The first-order chi connectivity index (χ1) is 6.98. The summed E-state index contributed by atoms with van der Waals surface area (Å²) in [5, 5.41) is 8.88. The van der Waals surface area contributed by atoms with Gasteiger partial charge in [-0.3, -0.25) is 0 Å². The smallest absolute Gasteiger partial charge is 0.102 e. The molecule has 0 rings (SSSR count). The maximum atomic E-state index is 8.88. The van der Waals surface area contributed by atoms with Gasteiger partial charge in [-0.25, -0.2) is 0 Å². The Hall–Kier alpha value is -0.120. The van der Waals surface area contributed by atoms with E-state index < -0.39 is 0 Å². The molecular formula is C12H29N2O+. The third-order valence-electron chi connectivity index (χ3n) is 2.82. The summed E-state index contributed by atoms with van der Waals surface area (Å²) in [5.74, 6) is 0. The first-order valence-electron chi connectivity index (χ1n) is 6.05. The normalized spacial score (nSPS) is 12.4. The second-order valence-corrected chi connectivity index (χ2v) is 5.32. The minimum atomic E-state index is 0.299. The standard InChI is InChI=1S/C12H29N2O/c1-13(2)9-7-5-6-8-10-14(3,4)11-12-15/h15H,5-12H2,1-4H3/q+1. The van der Waals surface area contributed by atoms with Crippen LogP contribution in [-0.4, -0.2) is 68.9 Å². The minimum Gasteiger partial charge on any atom is -0.391 e. The van der Waals surface area contributed by atoms with Gasteiger partial charge >= 0.3 is 0 Å². The zero-order chi connectivity index (χ0) is 11.7. The SMILES string of the molecule is CN(C)CCCCCC[N+](C)(C)CCO. The van der Waals surface area contributed by atoms with Crippen molar-refractivity contribution in [1.29, 1.82) is 0 Å². The summed E-state index contributed by atoms with van der Waals surface area (Å²) >= 11 is 0. The lowest BCUT2D eigenvalue weighted by Crippen LogP contribution is -2.42. The van der Waals surface area contributed by atoms with Gasteiger partial charge in [0.05, 0.1) is 27.2 Å². The zero-order valence-corrected chi connectivity index (χ0v) is 11.0. The Morgan fingerprint density at radius 2 is 1.53 bits per heavy atom. The summed E-state index contributed by atoms with van der Waals surface area (Å²) in [6.07, 6.45) is 5.24. The highest BCUT2D eigenvalue weighted by molar-refractivity contribution is 4.47. The Balaban J connectivity index is 3.30. The van der Waals surface area contributed by atoms with Gasteiger partial charge in [-0.1, -0.05) is 6.42 Å². The molecule has 0 fully saturated rings. The second kappa shape index (κ2) is 8.08. The van der Waals surface area contributed by atoms with Crippen molar-refractivity contribution < 1.29 is 9.59 Å². The van der Waals surface area contributed by atoms with Crippen LogP contribution in [0.3, 0.4) is 0 Å². The molecule has 0 aromatic heterocycles. The van der Waals surface area contributed by atoms with Gasteiger partial charge in [0.25, 0.3) is 0 Å². The van der Waals surface area contributed by atoms with Crippen LogP contribution in [0.5, 0.6) is 0 Å². The summed E-state index contributed by atoms with van der Waals surface area (Å²) in [6, 6.07) is 0. The lowest BCUT2D eigenvalue weighted by Gasteiger charge is -2.28. The monoisotopic (exact) mass is 217 g/mol. The van der Waals surface area contributed by atoms with Crippen molar-refractivity contribution in [3.05, 3.63) is 0 Å². The van der Waals surface area contributed by atoms with Gasteiger partial charge in [-0.05, 0) is 39.9 Å². The summed E-state index contributed by atoms with van der Waals surface area (Å²) in [4.78, 5) is 2.24. The molecule has 0 aromatic carbocycles. The van der Waals surface area contributed by atoms with Gasteiger partial charge in [0, 0.05) is 0 Å². The van der Waals surface area contributed by atoms with Gasteiger partial charge in [0.15, 0.2) is 0 Å². The van der Waals surface area contributed by atoms with E-state index in [1.807, 2.05) is 0 Å². The van der Waals surface area contributed by atoms with E-state index in [0.29, 0.717) is 6.61 Å². The lowest BCUT2D eigenvalue weighted by atomic mass is 10.2. The summed E-state index contributed by atoms with van der Waals surface area (Å²) in [5.41, 5.74) is 0. The van der Waals surface area contributed by atoms with Crippen molar-refractivity contribution >= 4 is 0 Å². The number of aliphatic hydroxyl groups is 1. The van der Waals surface area contributed by atoms with Crippen LogP contribution in [-0.2, 0) is 0 Å². The first kappa shape index (κ1) is 14.9. The number of nitrogens with zero attached hydrogens (tertiary/aromatic N) is 2. The van der Waals surface area contributed by atoms with E-state index in [0.717, 1.165) is 11.0 Å².